The number of nitrogens with zero attached hydrogens (tertiary/aromatic N) is 1. The van der Waals surface area contributed by atoms with Crippen molar-refractivity contribution in [3.63, 3.8) is 0 Å². The Morgan fingerprint density at radius 2 is 2.19 bits per heavy atom. The quantitative estimate of drug-likeness (QED) is 0.579. The van der Waals surface area contributed by atoms with Crippen molar-refractivity contribution in [1.29, 1.82) is 0 Å². The monoisotopic (exact) mass is 431 g/mol. The van der Waals surface area contributed by atoms with E-state index in [4.69, 9.17) is 23.8 Å². The van der Waals surface area contributed by atoms with Crippen LogP contribution in [0.15, 0.2) is 42.7 Å². The van der Waals surface area contributed by atoms with Gasteiger partial charge in [0.05, 0.1) is 10.6 Å². The molecule has 0 unspecified atom stereocenters. The molecule has 0 saturated heterocycles. The highest BCUT2D eigenvalue weighted by atomic mass is 127. The van der Waals surface area contributed by atoms with Gasteiger partial charge in [0.1, 0.15) is 0 Å². The van der Waals surface area contributed by atoms with E-state index in [-0.39, 0.29) is 11.0 Å². The minimum Gasteiger partial charge on any atom is -0.358 e. The molecule has 0 spiro atoms. The molecule has 1 heterocycles. The molecule has 1 aromatic heterocycles. The zero-order chi connectivity index (χ0) is 15.2. The van der Waals surface area contributed by atoms with E-state index >= 15 is 0 Å². The predicted octanol–water partition coefficient (Wildman–Crippen LogP) is 3.14. The lowest BCUT2D eigenvalue weighted by Crippen LogP contribution is -2.39. The summed E-state index contributed by atoms with van der Waals surface area (Å²) in [4.78, 5) is 16.1. The standard InChI is InChI=1S/C14H11ClIN3OS/c15-12-4-3-10(16)6-11(12)13(20)19-14(21)18-8-9-2-1-5-17-7-9/h1-7H,8H2,(H2,18,19,20,21). The van der Waals surface area contributed by atoms with Gasteiger partial charge in [-0.3, -0.25) is 15.1 Å². The van der Waals surface area contributed by atoms with Gasteiger partial charge in [-0.05, 0) is 64.6 Å². The summed E-state index contributed by atoms with van der Waals surface area (Å²) in [6.45, 7) is 0.493. The largest absolute Gasteiger partial charge is 0.358 e. The summed E-state index contributed by atoms with van der Waals surface area (Å²) < 4.78 is 0.927. The van der Waals surface area contributed by atoms with Crippen molar-refractivity contribution in [1.82, 2.24) is 15.6 Å². The minimum atomic E-state index is -0.331. The maximum absolute atomic E-state index is 12.1. The van der Waals surface area contributed by atoms with E-state index in [1.807, 2.05) is 18.2 Å². The van der Waals surface area contributed by atoms with Crippen LogP contribution in [-0.2, 0) is 6.54 Å². The van der Waals surface area contributed by atoms with Crippen LogP contribution >= 0.6 is 46.4 Å². The van der Waals surface area contributed by atoms with Gasteiger partial charge in [0, 0.05) is 22.5 Å². The molecule has 0 aliphatic rings. The van der Waals surface area contributed by atoms with Gasteiger partial charge < -0.3 is 5.32 Å². The first kappa shape index (κ1) is 16.1. The van der Waals surface area contributed by atoms with Crippen LogP contribution in [-0.4, -0.2) is 16.0 Å². The fourth-order valence-corrected chi connectivity index (χ4v) is 2.43. The Morgan fingerprint density at radius 3 is 2.90 bits per heavy atom. The number of pyridine rings is 1. The molecule has 1 aromatic carbocycles. The molecule has 1 amide bonds. The molecule has 0 atom stereocenters. The number of nitrogens with one attached hydrogen (secondary N) is 2. The first-order chi connectivity index (χ1) is 10.1. The number of aromatic nitrogens is 1. The molecule has 2 aromatic rings. The summed E-state index contributed by atoms with van der Waals surface area (Å²) >= 11 is 13.2. The van der Waals surface area contributed by atoms with Crippen LogP contribution < -0.4 is 10.6 Å². The van der Waals surface area contributed by atoms with Gasteiger partial charge in [-0.15, -0.1) is 0 Å². The number of rotatable bonds is 3. The molecule has 0 radical (unpaired) electrons. The van der Waals surface area contributed by atoms with E-state index < -0.39 is 0 Å². The molecule has 4 nitrogen and oxygen atoms in total. The fourth-order valence-electron chi connectivity index (χ4n) is 1.57. The molecule has 0 fully saturated rings. The molecule has 2 rings (SSSR count). The molecule has 2 N–H and O–H groups in total. The Labute approximate surface area is 146 Å². The number of hydrogen-bond acceptors (Lipinski definition) is 3. The summed E-state index contributed by atoms with van der Waals surface area (Å²) in [6, 6.07) is 8.98. The Bertz CT molecular complexity index is 667. The summed E-state index contributed by atoms with van der Waals surface area (Å²) in [5.74, 6) is -0.331. The second kappa shape index (κ2) is 7.67. The summed E-state index contributed by atoms with van der Waals surface area (Å²) in [6.07, 6.45) is 3.43. The maximum Gasteiger partial charge on any atom is 0.258 e. The maximum atomic E-state index is 12.1. The van der Waals surface area contributed by atoms with Crippen molar-refractivity contribution in [2.45, 2.75) is 6.54 Å². The van der Waals surface area contributed by atoms with Crippen molar-refractivity contribution in [3.8, 4) is 0 Å². The molecule has 0 aliphatic carbocycles. The lowest BCUT2D eigenvalue weighted by molar-refractivity contribution is 0.0976. The number of benzene rings is 1. The van der Waals surface area contributed by atoms with Crippen molar-refractivity contribution in [3.05, 3.63) is 62.4 Å². The number of carbonyl (C=O) groups excluding carboxylic acids is 1. The average Bonchev–Trinajstić information content (AvgIpc) is 2.48. The molecular formula is C14H11ClIN3OS. The number of thiocarbonyl (C=S) groups is 1. The Kier molecular flexibility index (Phi) is 5.89. The Morgan fingerprint density at radius 1 is 1.38 bits per heavy atom. The first-order valence-corrected chi connectivity index (χ1v) is 7.86. The van der Waals surface area contributed by atoms with E-state index in [1.54, 1.807) is 24.5 Å². The van der Waals surface area contributed by atoms with E-state index in [1.165, 1.54) is 0 Å². The zero-order valence-corrected chi connectivity index (χ0v) is 14.5. The second-order valence-corrected chi connectivity index (χ2v) is 6.18. The third-order valence-electron chi connectivity index (χ3n) is 2.58. The van der Waals surface area contributed by atoms with Crippen LogP contribution in [0.2, 0.25) is 5.02 Å². The van der Waals surface area contributed by atoms with E-state index in [0.717, 1.165) is 9.13 Å². The van der Waals surface area contributed by atoms with Gasteiger partial charge in [-0.1, -0.05) is 17.7 Å². The lowest BCUT2D eigenvalue weighted by atomic mass is 10.2. The molecule has 108 valence electrons. The molecular weight excluding hydrogens is 421 g/mol. The smallest absolute Gasteiger partial charge is 0.258 e. The van der Waals surface area contributed by atoms with Gasteiger partial charge in [0.15, 0.2) is 5.11 Å². The zero-order valence-electron chi connectivity index (χ0n) is 10.8. The second-order valence-electron chi connectivity index (χ2n) is 4.12. The topological polar surface area (TPSA) is 54.0 Å². The molecule has 0 bridgehead atoms. The van der Waals surface area contributed by atoms with Gasteiger partial charge in [0.2, 0.25) is 0 Å². The minimum absolute atomic E-state index is 0.249. The number of carbonyl (C=O) groups is 1. The average molecular weight is 432 g/mol. The number of hydrogen-bond donors (Lipinski definition) is 2. The Balaban J connectivity index is 1.93. The highest BCUT2D eigenvalue weighted by molar-refractivity contribution is 14.1. The van der Waals surface area contributed by atoms with Crippen molar-refractivity contribution in [2.75, 3.05) is 0 Å². The van der Waals surface area contributed by atoms with Crippen LogP contribution in [0.25, 0.3) is 0 Å². The van der Waals surface area contributed by atoms with E-state index in [9.17, 15) is 4.79 Å². The number of amides is 1. The lowest BCUT2D eigenvalue weighted by Gasteiger charge is -2.10. The van der Waals surface area contributed by atoms with Crippen LogP contribution in [0.4, 0.5) is 0 Å². The third kappa shape index (κ3) is 4.90. The normalized spacial score (nSPS) is 10.0. The highest BCUT2D eigenvalue weighted by Gasteiger charge is 2.12. The van der Waals surface area contributed by atoms with Crippen LogP contribution in [0.3, 0.4) is 0 Å². The molecule has 0 saturated carbocycles. The van der Waals surface area contributed by atoms with Crippen LogP contribution in [0.1, 0.15) is 15.9 Å². The predicted molar refractivity (Wildman–Crippen MR) is 95.3 cm³/mol. The SMILES string of the molecule is O=C(NC(=S)NCc1cccnc1)c1cc(I)ccc1Cl. The van der Waals surface area contributed by atoms with Crippen molar-refractivity contribution in [2.24, 2.45) is 0 Å². The van der Waals surface area contributed by atoms with Crippen LogP contribution in [0, 0.1) is 3.57 Å². The van der Waals surface area contributed by atoms with Crippen molar-refractivity contribution >= 4 is 57.4 Å². The van der Waals surface area contributed by atoms with Gasteiger partial charge >= 0.3 is 0 Å². The third-order valence-corrected chi connectivity index (χ3v) is 3.82. The molecule has 21 heavy (non-hydrogen) atoms. The summed E-state index contributed by atoms with van der Waals surface area (Å²) in [5, 5.41) is 6.20. The highest BCUT2D eigenvalue weighted by Crippen LogP contribution is 2.18. The van der Waals surface area contributed by atoms with Gasteiger partial charge in [-0.25, -0.2) is 0 Å². The molecule has 0 aliphatic heterocycles. The first-order valence-electron chi connectivity index (χ1n) is 5.99. The van der Waals surface area contributed by atoms with Gasteiger partial charge in [-0.2, -0.15) is 0 Å². The summed E-state index contributed by atoms with van der Waals surface area (Å²) in [5.41, 5.74) is 1.37. The summed E-state index contributed by atoms with van der Waals surface area (Å²) in [7, 11) is 0. The van der Waals surface area contributed by atoms with Crippen LogP contribution in [0.5, 0.6) is 0 Å². The van der Waals surface area contributed by atoms with Crippen molar-refractivity contribution < 1.29 is 4.79 Å². The van der Waals surface area contributed by atoms with Gasteiger partial charge in [0.25, 0.3) is 5.91 Å². The van der Waals surface area contributed by atoms with E-state index in [2.05, 4.69) is 38.2 Å². The Hall–Kier alpha value is -1.25. The molecule has 7 heteroatoms. The fraction of sp³-hybridized carbons (Fsp3) is 0.0714. The van der Waals surface area contributed by atoms with E-state index in [0.29, 0.717) is 17.1 Å². The number of halogens is 2.